The summed E-state index contributed by atoms with van der Waals surface area (Å²) in [4.78, 5) is 19.4. The number of hydrogen-bond donors (Lipinski definition) is 2. The van der Waals surface area contributed by atoms with Crippen LogP contribution in [0.5, 0.6) is 0 Å². The fourth-order valence-corrected chi connectivity index (χ4v) is 1.32. The molecule has 0 unspecified atom stereocenters. The molecule has 1 amide bonds. The lowest BCUT2D eigenvalue weighted by Crippen LogP contribution is -2.30. The number of hydrogen-bond acceptors (Lipinski definition) is 4. The Kier molecular flexibility index (Phi) is 2.88. The zero-order valence-corrected chi connectivity index (χ0v) is 8.42. The molecule has 2 rings (SSSR count). The van der Waals surface area contributed by atoms with Crippen LogP contribution in [0.2, 0.25) is 0 Å². The molecule has 0 radical (unpaired) electrons. The number of nitrogens with zero attached hydrogens (tertiary/aromatic N) is 2. The first-order valence-corrected chi connectivity index (χ1v) is 4.68. The number of aromatic nitrogens is 2. The number of hydrazine groups is 1. The molecule has 5 nitrogen and oxygen atoms in total. The van der Waals surface area contributed by atoms with Gasteiger partial charge in [0, 0.05) is 24.2 Å². The molecule has 0 bridgehead atoms. The zero-order valence-electron chi connectivity index (χ0n) is 8.42. The quantitative estimate of drug-likeness (QED) is 0.439. The Morgan fingerprint density at radius 2 is 2.19 bits per heavy atom. The van der Waals surface area contributed by atoms with Gasteiger partial charge in [-0.25, -0.2) is 5.84 Å². The Balaban J connectivity index is 2.40. The molecule has 0 atom stereocenters. The van der Waals surface area contributed by atoms with Crippen LogP contribution >= 0.6 is 0 Å². The van der Waals surface area contributed by atoms with Gasteiger partial charge in [0.25, 0.3) is 5.91 Å². The molecule has 2 aromatic rings. The summed E-state index contributed by atoms with van der Waals surface area (Å²) in [6, 6.07) is 7.24. The van der Waals surface area contributed by atoms with Gasteiger partial charge in [0.05, 0.1) is 11.3 Å². The van der Waals surface area contributed by atoms with Gasteiger partial charge in [-0.2, -0.15) is 0 Å². The maximum absolute atomic E-state index is 11.3. The topological polar surface area (TPSA) is 80.9 Å². The van der Waals surface area contributed by atoms with Crippen LogP contribution in [-0.2, 0) is 0 Å². The second kappa shape index (κ2) is 4.50. The van der Waals surface area contributed by atoms with Crippen LogP contribution in [0.25, 0.3) is 11.3 Å². The van der Waals surface area contributed by atoms with Crippen molar-refractivity contribution in [2.45, 2.75) is 0 Å². The lowest BCUT2D eigenvalue weighted by Gasteiger charge is -2.02. The van der Waals surface area contributed by atoms with Crippen LogP contribution in [0.1, 0.15) is 10.4 Å². The van der Waals surface area contributed by atoms with Crippen molar-refractivity contribution in [3.8, 4) is 11.3 Å². The van der Waals surface area contributed by atoms with Gasteiger partial charge in [-0.3, -0.25) is 20.2 Å². The van der Waals surface area contributed by atoms with Crippen molar-refractivity contribution in [2.24, 2.45) is 5.84 Å². The third-order valence-corrected chi connectivity index (χ3v) is 2.09. The van der Waals surface area contributed by atoms with E-state index in [4.69, 9.17) is 5.84 Å². The molecule has 0 aromatic carbocycles. The molecule has 0 aliphatic rings. The predicted octanol–water partition coefficient (Wildman–Crippen LogP) is 0.747. The molecule has 2 heterocycles. The number of nitrogens with two attached hydrogens (primary N) is 1. The summed E-state index contributed by atoms with van der Waals surface area (Å²) in [5.41, 5.74) is 4.01. The summed E-state index contributed by atoms with van der Waals surface area (Å²) >= 11 is 0. The Morgan fingerprint density at radius 1 is 1.31 bits per heavy atom. The van der Waals surface area contributed by atoms with Crippen molar-refractivity contribution in [3.05, 3.63) is 48.4 Å². The van der Waals surface area contributed by atoms with Crippen LogP contribution in [0.3, 0.4) is 0 Å². The SMILES string of the molecule is NNC(=O)c1cncc(-c2ccccn2)c1. The van der Waals surface area contributed by atoms with Crippen molar-refractivity contribution >= 4 is 5.91 Å². The minimum atomic E-state index is -0.370. The van der Waals surface area contributed by atoms with Crippen LogP contribution in [-0.4, -0.2) is 15.9 Å². The highest BCUT2D eigenvalue weighted by atomic mass is 16.2. The predicted molar refractivity (Wildman–Crippen MR) is 59.1 cm³/mol. The van der Waals surface area contributed by atoms with Gasteiger partial charge in [0.15, 0.2) is 0 Å². The molecular formula is C11H10N4O. The Labute approximate surface area is 92.3 Å². The number of carbonyl (C=O) groups excluding carboxylic acids is 1. The summed E-state index contributed by atoms with van der Waals surface area (Å²) in [5, 5.41) is 0. The molecule has 80 valence electrons. The first-order valence-electron chi connectivity index (χ1n) is 4.68. The van der Waals surface area contributed by atoms with E-state index in [2.05, 4.69) is 15.4 Å². The molecule has 0 aliphatic heterocycles. The van der Waals surface area contributed by atoms with Gasteiger partial charge in [0.1, 0.15) is 0 Å². The molecule has 5 heteroatoms. The van der Waals surface area contributed by atoms with Crippen molar-refractivity contribution < 1.29 is 4.79 Å². The fourth-order valence-electron chi connectivity index (χ4n) is 1.32. The summed E-state index contributed by atoms with van der Waals surface area (Å²) in [6.45, 7) is 0. The summed E-state index contributed by atoms with van der Waals surface area (Å²) < 4.78 is 0. The van der Waals surface area contributed by atoms with Gasteiger partial charge >= 0.3 is 0 Å². The molecular weight excluding hydrogens is 204 g/mol. The molecule has 16 heavy (non-hydrogen) atoms. The summed E-state index contributed by atoms with van der Waals surface area (Å²) in [5.74, 6) is 4.68. The minimum absolute atomic E-state index is 0.370. The summed E-state index contributed by atoms with van der Waals surface area (Å²) in [7, 11) is 0. The standard InChI is InChI=1S/C11H10N4O/c12-15-11(16)9-5-8(6-13-7-9)10-3-1-2-4-14-10/h1-7H,12H2,(H,15,16). The number of nitrogens with one attached hydrogen (secondary N) is 1. The molecule has 0 fully saturated rings. The van der Waals surface area contributed by atoms with E-state index < -0.39 is 0 Å². The van der Waals surface area contributed by atoms with Crippen LogP contribution < -0.4 is 11.3 Å². The summed E-state index contributed by atoms with van der Waals surface area (Å²) in [6.07, 6.45) is 4.79. The molecule has 2 aromatic heterocycles. The van der Waals surface area contributed by atoms with E-state index in [1.807, 2.05) is 18.2 Å². The van der Waals surface area contributed by atoms with Crippen molar-refractivity contribution in [2.75, 3.05) is 0 Å². The number of rotatable bonds is 2. The van der Waals surface area contributed by atoms with Gasteiger partial charge in [0.2, 0.25) is 0 Å². The highest BCUT2D eigenvalue weighted by Crippen LogP contribution is 2.15. The van der Waals surface area contributed by atoms with Crippen molar-refractivity contribution in [3.63, 3.8) is 0 Å². The van der Waals surface area contributed by atoms with Gasteiger partial charge in [-0.15, -0.1) is 0 Å². The molecule has 0 aliphatic carbocycles. The van der Waals surface area contributed by atoms with E-state index in [9.17, 15) is 4.79 Å². The third kappa shape index (κ3) is 2.04. The molecule has 0 saturated carbocycles. The largest absolute Gasteiger partial charge is 0.290 e. The lowest BCUT2D eigenvalue weighted by atomic mass is 10.1. The number of nitrogen functional groups attached to an aromatic ring is 1. The lowest BCUT2D eigenvalue weighted by molar-refractivity contribution is 0.0953. The van der Waals surface area contributed by atoms with E-state index >= 15 is 0 Å². The molecule has 0 saturated heterocycles. The smallest absolute Gasteiger partial charge is 0.266 e. The van der Waals surface area contributed by atoms with E-state index in [0.29, 0.717) is 5.56 Å². The minimum Gasteiger partial charge on any atom is -0.290 e. The van der Waals surface area contributed by atoms with Crippen molar-refractivity contribution in [1.29, 1.82) is 0 Å². The van der Waals surface area contributed by atoms with E-state index in [0.717, 1.165) is 11.3 Å². The zero-order chi connectivity index (χ0) is 11.4. The van der Waals surface area contributed by atoms with Gasteiger partial charge in [-0.1, -0.05) is 6.07 Å². The van der Waals surface area contributed by atoms with Gasteiger partial charge in [-0.05, 0) is 18.2 Å². The molecule has 3 N–H and O–H groups in total. The highest BCUT2D eigenvalue weighted by molar-refractivity contribution is 5.94. The van der Waals surface area contributed by atoms with Crippen LogP contribution in [0.4, 0.5) is 0 Å². The highest BCUT2D eigenvalue weighted by Gasteiger charge is 2.06. The second-order valence-corrected chi connectivity index (χ2v) is 3.15. The Morgan fingerprint density at radius 3 is 2.88 bits per heavy atom. The average molecular weight is 214 g/mol. The first-order chi connectivity index (χ1) is 7.81. The third-order valence-electron chi connectivity index (χ3n) is 2.09. The number of carbonyl (C=O) groups is 1. The van der Waals surface area contributed by atoms with Crippen LogP contribution in [0, 0.1) is 0 Å². The monoisotopic (exact) mass is 214 g/mol. The first kappa shape index (κ1) is 10.3. The van der Waals surface area contributed by atoms with E-state index in [1.54, 1.807) is 18.5 Å². The van der Waals surface area contributed by atoms with Crippen LogP contribution in [0.15, 0.2) is 42.9 Å². The second-order valence-electron chi connectivity index (χ2n) is 3.15. The average Bonchev–Trinajstić information content (AvgIpc) is 2.39. The number of pyridine rings is 2. The number of amides is 1. The maximum atomic E-state index is 11.3. The Bertz CT molecular complexity index is 498. The molecule has 0 spiro atoms. The van der Waals surface area contributed by atoms with E-state index in [-0.39, 0.29) is 5.91 Å². The Hall–Kier alpha value is -2.27. The van der Waals surface area contributed by atoms with Gasteiger partial charge < -0.3 is 0 Å². The fraction of sp³-hybridized carbons (Fsp3) is 0. The van der Waals surface area contributed by atoms with E-state index in [1.165, 1.54) is 6.20 Å². The maximum Gasteiger partial charge on any atom is 0.266 e. The van der Waals surface area contributed by atoms with Crippen molar-refractivity contribution in [1.82, 2.24) is 15.4 Å². The normalized spacial score (nSPS) is 9.81.